The summed E-state index contributed by atoms with van der Waals surface area (Å²) < 4.78 is 26.2. The molecule has 1 aromatic carbocycles. The summed E-state index contributed by atoms with van der Waals surface area (Å²) in [7, 11) is -1.77. The number of benzene rings is 1. The number of hydrogen-bond acceptors (Lipinski definition) is 3. The minimum Gasteiger partial charge on any atom is -0.312 e. The molecule has 0 atom stereocenters. The summed E-state index contributed by atoms with van der Waals surface area (Å²) in [6.07, 6.45) is 3.32. The van der Waals surface area contributed by atoms with Crippen molar-refractivity contribution in [2.45, 2.75) is 36.6 Å². The SMILES string of the molecule is CN(C1CC1)S(=O)(=O)c1ccc(N2CCCC2=O)cc1. The third kappa shape index (κ3) is 2.33. The van der Waals surface area contributed by atoms with Crippen LogP contribution in [0.4, 0.5) is 5.69 Å². The summed E-state index contributed by atoms with van der Waals surface area (Å²) in [6.45, 7) is 0.715. The van der Waals surface area contributed by atoms with Crippen LogP contribution in [0.2, 0.25) is 0 Å². The molecule has 1 amide bonds. The highest BCUT2D eigenvalue weighted by Crippen LogP contribution is 2.31. The van der Waals surface area contributed by atoms with Crippen molar-refractivity contribution >= 4 is 21.6 Å². The van der Waals surface area contributed by atoms with Crippen molar-refractivity contribution in [2.24, 2.45) is 0 Å². The number of hydrogen-bond donors (Lipinski definition) is 0. The van der Waals surface area contributed by atoms with Gasteiger partial charge in [0, 0.05) is 31.7 Å². The van der Waals surface area contributed by atoms with E-state index in [-0.39, 0.29) is 11.9 Å². The molecule has 1 aliphatic heterocycles. The van der Waals surface area contributed by atoms with Crippen molar-refractivity contribution in [2.75, 3.05) is 18.5 Å². The maximum Gasteiger partial charge on any atom is 0.243 e. The Bertz CT molecular complexity index is 620. The van der Waals surface area contributed by atoms with Crippen molar-refractivity contribution in [3.63, 3.8) is 0 Å². The highest BCUT2D eigenvalue weighted by Gasteiger charge is 2.35. The summed E-state index contributed by atoms with van der Waals surface area (Å²) in [4.78, 5) is 13.7. The van der Waals surface area contributed by atoms with Crippen LogP contribution in [0.1, 0.15) is 25.7 Å². The van der Waals surface area contributed by atoms with Crippen LogP contribution in [0.5, 0.6) is 0 Å². The average Bonchev–Trinajstić information content (AvgIpc) is 3.20. The zero-order valence-electron chi connectivity index (χ0n) is 11.4. The average molecular weight is 294 g/mol. The molecule has 0 aromatic heterocycles. The first-order valence-electron chi connectivity index (χ1n) is 6.88. The first-order valence-corrected chi connectivity index (χ1v) is 8.32. The number of nitrogens with zero attached hydrogens (tertiary/aromatic N) is 2. The molecule has 5 nitrogen and oxygen atoms in total. The lowest BCUT2D eigenvalue weighted by molar-refractivity contribution is -0.117. The van der Waals surface area contributed by atoms with Gasteiger partial charge < -0.3 is 4.90 Å². The van der Waals surface area contributed by atoms with Gasteiger partial charge in [-0.05, 0) is 43.5 Å². The topological polar surface area (TPSA) is 57.7 Å². The Balaban J connectivity index is 1.84. The number of carbonyl (C=O) groups is 1. The smallest absolute Gasteiger partial charge is 0.243 e. The van der Waals surface area contributed by atoms with E-state index in [1.807, 2.05) is 0 Å². The molecule has 1 saturated carbocycles. The normalized spacial score (nSPS) is 19.9. The Morgan fingerprint density at radius 1 is 1.20 bits per heavy atom. The van der Waals surface area contributed by atoms with Crippen molar-refractivity contribution < 1.29 is 13.2 Å². The predicted molar refractivity (Wildman–Crippen MR) is 76.0 cm³/mol. The first-order chi connectivity index (χ1) is 9.50. The van der Waals surface area contributed by atoms with Gasteiger partial charge in [0.15, 0.2) is 0 Å². The molecule has 108 valence electrons. The van der Waals surface area contributed by atoms with E-state index in [4.69, 9.17) is 0 Å². The van der Waals surface area contributed by atoms with Crippen LogP contribution in [-0.2, 0) is 14.8 Å². The quantitative estimate of drug-likeness (QED) is 0.847. The van der Waals surface area contributed by atoms with E-state index in [0.29, 0.717) is 17.9 Å². The molecule has 2 aliphatic rings. The van der Waals surface area contributed by atoms with Crippen molar-refractivity contribution in [1.82, 2.24) is 4.31 Å². The second-order valence-corrected chi connectivity index (χ2v) is 7.39. The lowest BCUT2D eigenvalue weighted by Crippen LogP contribution is -2.29. The van der Waals surface area contributed by atoms with Crippen molar-refractivity contribution in [3.8, 4) is 0 Å². The van der Waals surface area contributed by atoms with Gasteiger partial charge in [0.2, 0.25) is 15.9 Å². The Morgan fingerprint density at radius 3 is 2.35 bits per heavy atom. The van der Waals surface area contributed by atoms with Gasteiger partial charge in [0.05, 0.1) is 4.90 Å². The second-order valence-electron chi connectivity index (χ2n) is 5.40. The molecule has 0 bridgehead atoms. The van der Waals surface area contributed by atoms with E-state index in [1.54, 1.807) is 36.2 Å². The second kappa shape index (κ2) is 4.86. The predicted octanol–water partition coefficient (Wildman–Crippen LogP) is 1.60. The van der Waals surface area contributed by atoms with Gasteiger partial charge >= 0.3 is 0 Å². The van der Waals surface area contributed by atoms with Gasteiger partial charge in [-0.3, -0.25) is 4.79 Å². The highest BCUT2D eigenvalue weighted by molar-refractivity contribution is 7.89. The number of sulfonamides is 1. The molecule has 0 unspecified atom stereocenters. The molecular weight excluding hydrogens is 276 g/mol. The van der Waals surface area contributed by atoms with E-state index in [2.05, 4.69) is 0 Å². The molecule has 3 rings (SSSR count). The summed E-state index contributed by atoms with van der Waals surface area (Å²) in [5, 5.41) is 0. The minimum atomic E-state index is -3.40. The monoisotopic (exact) mass is 294 g/mol. The van der Waals surface area contributed by atoms with E-state index in [1.165, 1.54) is 4.31 Å². The van der Waals surface area contributed by atoms with Crippen LogP contribution < -0.4 is 4.90 Å². The number of carbonyl (C=O) groups excluding carboxylic acids is 1. The molecule has 1 aliphatic carbocycles. The van der Waals surface area contributed by atoms with Gasteiger partial charge in [-0.1, -0.05) is 0 Å². The summed E-state index contributed by atoms with van der Waals surface area (Å²) in [6, 6.07) is 6.78. The van der Waals surface area contributed by atoms with Crippen LogP contribution in [0.3, 0.4) is 0 Å². The highest BCUT2D eigenvalue weighted by atomic mass is 32.2. The summed E-state index contributed by atoms with van der Waals surface area (Å²) in [5.41, 5.74) is 0.778. The van der Waals surface area contributed by atoms with Gasteiger partial charge in [-0.25, -0.2) is 8.42 Å². The zero-order chi connectivity index (χ0) is 14.3. The van der Waals surface area contributed by atoms with Crippen LogP contribution in [0, 0.1) is 0 Å². The Hall–Kier alpha value is -1.40. The van der Waals surface area contributed by atoms with Gasteiger partial charge in [0.1, 0.15) is 0 Å². The van der Waals surface area contributed by atoms with Crippen LogP contribution >= 0.6 is 0 Å². The van der Waals surface area contributed by atoms with E-state index < -0.39 is 10.0 Å². The van der Waals surface area contributed by atoms with Crippen molar-refractivity contribution in [3.05, 3.63) is 24.3 Å². The molecule has 1 aromatic rings. The summed E-state index contributed by atoms with van der Waals surface area (Å²) in [5.74, 6) is 0.107. The molecule has 6 heteroatoms. The lowest BCUT2D eigenvalue weighted by atomic mass is 10.3. The van der Waals surface area contributed by atoms with E-state index >= 15 is 0 Å². The lowest BCUT2D eigenvalue weighted by Gasteiger charge is -2.18. The Kier molecular flexibility index (Phi) is 3.30. The fourth-order valence-electron chi connectivity index (χ4n) is 2.52. The number of rotatable bonds is 4. The Morgan fingerprint density at radius 2 is 1.85 bits per heavy atom. The van der Waals surface area contributed by atoms with Crippen LogP contribution in [0.15, 0.2) is 29.2 Å². The molecule has 1 saturated heterocycles. The maximum absolute atomic E-state index is 12.4. The molecular formula is C14H18N2O3S. The molecule has 0 spiro atoms. The van der Waals surface area contributed by atoms with Gasteiger partial charge in [0.25, 0.3) is 0 Å². The van der Waals surface area contributed by atoms with Gasteiger partial charge in [-0.15, -0.1) is 0 Å². The van der Waals surface area contributed by atoms with E-state index in [0.717, 1.165) is 24.9 Å². The van der Waals surface area contributed by atoms with Gasteiger partial charge in [-0.2, -0.15) is 4.31 Å². The molecule has 20 heavy (non-hydrogen) atoms. The number of amides is 1. The van der Waals surface area contributed by atoms with Crippen LogP contribution in [0.25, 0.3) is 0 Å². The fraction of sp³-hybridized carbons (Fsp3) is 0.500. The maximum atomic E-state index is 12.4. The molecule has 0 radical (unpaired) electrons. The third-order valence-corrected chi connectivity index (χ3v) is 5.88. The number of anilines is 1. The molecule has 2 fully saturated rings. The standard InChI is InChI=1S/C14H18N2O3S/c1-15(11-4-5-11)20(18,19)13-8-6-12(7-9-13)16-10-2-3-14(16)17/h6-9,11H,2-5,10H2,1H3. The van der Waals surface area contributed by atoms with E-state index in [9.17, 15) is 13.2 Å². The zero-order valence-corrected chi connectivity index (χ0v) is 12.3. The third-order valence-electron chi connectivity index (χ3n) is 3.96. The molecule has 1 heterocycles. The Labute approximate surface area is 119 Å². The minimum absolute atomic E-state index is 0.107. The summed E-state index contributed by atoms with van der Waals surface area (Å²) >= 11 is 0. The fourth-order valence-corrected chi connectivity index (χ4v) is 3.94. The van der Waals surface area contributed by atoms with Crippen LogP contribution in [-0.4, -0.2) is 38.3 Å². The first kappa shape index (κ1) is 13.6. The largest absolute Gasteiger partial charge is 0.312 e. The molecule has 0 N–H and O–H groups in total. The van der Waals surface area contributed by atoms with Crippen molar-refractivity contribution in [1.29, 1.82) is 0 Å².